The molecule has 0 aliphatic rings. The number of benzene rings is 2. The second kappa shape index (κ2) is 11.2. The Bertz CT molecular complexity index is 915. The maximum absolute atomic E-state index is 12.3. The van der Waals surface area contributed by atoms with Crippen LogP contribution in [0.25, 0.3) is 0 Å². The van der Waals surface area contributed by atoms with Gasteiger partial charge < -0.3 is 21.3 Å². The van der Waals surface area contributed by atoms with Gasteiger partial charge in [0, 0.05) is 29.4 Å². The van der Waals surface area contributed by atoms with Gasteiger partial charge in [-0.3, -0.25) is 14.4 Å². The highest BCUT2D eigenvalue weighted by Gasteiger charge is 2.10. The number of rotatable bonds is 9. The fraction of sp³-hybridized carbons (Fsp3) is 0.318. The molecule has 0 unspecified atom stereocenters. The highest BCUT2D eigenvalue weighted by Crippen LogP contribution is 2.25. The lowest BCUT2D eigenvalue weighted by Gasteiger charge is -2.12. The van der Waals surface area contributed by atoms with Crippen molar-refractivity contribution in [3.63, 3.8) is 0 Å². The van der Waals surface area contributed by atoms with Crippen molar-refractivity contribution in [3.8, 4) is 0 Å². The van der Waals surface area contributed by atoms with Crippen LogP contribution in [0.15, 0.2) is 42.5 Å². The molecule has 0 fully saturated rings. The van der Waals surface area contributed by atoms with Crippen LogP contribution in [0, 0.1) is 0 Å². The van der Waals surface area contributed by atoms with Gasteiger partial charge in [0.15, 0.2) is 0 Å². The first-order valence-electron chi connectivity index (χ1n) is 9.82. The summed E-state index contributed by atoms with van der Waals surface area (Å²) in [4.78, 5) is 36.2. The van der Waals surface area contributed by atoms with Crippen molar-refractivity contribution in [2.45, 2.75) is 39.7 Å². The molecule has 0 atom stereocenters. The molecule has 3 amide bonds. The van der Waals surface area contributed by atoms with E-state index in [1.807, 2.05) is 20.8 Å². The topological polar surface area (TPSA) is 99.3 Å². The van der Waals surface area contributed by atoms with Crippen molar-refractivity contribution in [1.82, 2.24) is 5.32 Å². The largest absolute Gasteiger partial charge is 0.376 e. The quantitative estimate of drug-likeness (QED) is 0.477. The minimum Gasteiger partial charge on any atom is -0.376 e. The van der Waals surface area contributed by atoms with Gasteiger partial charge in [0.05, 0.1) is 17.3 Å². The Labute approximate surface area is 181 Å². The molecule has 0 aliphatic carbocycles. The van der Waals surface area contributed by atoms with Crippen LogP contribution in [0.2, 0.25) is 5.02 Å². The molecule has 0 bridgehead atoms. The summed E-state index contributed by atoms with van der Waals surface area (Å²) in [5.41, 5.74) is 2.12. The molecule has 4 N–H and O–H groups in total. The van der Waals surface area contributed by atoms with Crippen LogP contribution in [0.4, 0.5) is 17.1 Å². The molecule has 0 saturated heterocycles. The first kappa shape index (κ1) is 23.2. The van der Waals surface area contributed by atoms with Crippen molar-refractivity contribution >= 4 is 46.4 Å². The summed E-state index contributed by atoms with van der Waals surface area (Å²) in [6.07, 6.45) is 1.16. The number of halogens is 1. The van der Waals surface area contributed by atoms with E-state index in [1.165, 1.54) is 0 Å². The average Bonchev–Trinajstić information content (AvgIpc) is 2.69. The van der Waals surface area contributed by atoms with E-state index >= 15 is 0 Å². The fourth-order valence-corrected chi connectivity index (χ4v) is 2.81. The van der Waals surface area contributed by atoms with Crippen LogP contribution in [-0.2, 0) is 9.59 Å². The Morgan fingerprint density at radius 2 is 1.73 bits per heavy atom. The molecule has 7 nitrogen and oxygen atoms in total. The summed E-state index contributed by atoms with van der Waals surface area (Å²) >= 11 is 6.16. The highest BCUT2D eigenvalue weighted by atomic mass is 35.5. The van der Waals surface area contributed by atoms with Gasteiger partial charge in [-0.25, -0.2) is 0 Å². The fourth-order valence-electron chi connectivity index (χ4n) is 2.64. The monoisotopic (exact) mass is 430 g/mol. The first-order chi connectivity index (χ1) is 14.3. The van der Waals surface area contributed by atoms with E-state index in [4.69, 9.17) is 11.6 Å². The summed E-state index contributed by atoms with van der Waals surface area (Å²) in [6.45, 7) is 5.68. The summed E-state index contributed by atoms with van der Waals surface area (Å²) in [7, 11) is 0. The average molecular weight is 431 g/mol. The highest BCUT2D eigenvalue weighted by molar-refractivity contribution is 6.33. The number of hydrogen-bond acceptors (Lipinski definition) is 4. The Balaban J connectivity index is 1.96. The molecule has 0 heterocycles. The molecule has 0 saturated carbocycles. The van der Waals surface area contributed by atoms with E-state index in [0.717, 1.165) is 6.42 Å². The van der Waals surface area contributed by atoms with E-state index in [0.29, 0.717) is 34.1 Å². The minimum absolute atomic E-state index is 0.0159. The summed E-state index contributed by atoms with van der Waals surface area (Å²) in [5, 5.41) is 11.7. The number of amides is 3. The molecule has 0 aliphatic heterocycles. The number of carbonyl (C=O) groups is 3. The molecule has 0 aromatic heterocycles. The molecule has 2 rings (SSSR count). The van der Waals surface area contributed by atoms with Gasteiger partial charge in [-0.15, -0.1) is 0 Å². The summed E-state index contributed by atoms with van der Waals surface area (Å²) < 4.78 is 0. The molecule has 8 heteroatoms. The van der Waals surface area contributed by atoms with Gasteiger partial charge in [0.2, 0.25) is 11.8 Å². The second-order valence-corrected chi connectivity index (χ2v) is 7.51. The predicted octanol–water partition coefficient (Wildman–Crippen LogP) is 4.27. The zero-order chi connectivity index (χ0) is 22.1. The molecule has 160 valence electrons. The van der Waals surface area contributed by atoms with Crippen molar-refractivity contribution < 1.29 is 14.4 Å². The van der Waals surface area contributed by atoms with Crippen molar-refractivity contribution in [2.24, 2.45) is 0 Å². The van der Waals surface area contributed by atoms with Gasteiger partial charge in [-0.05, 0) is 56.7 Å². The van der Waals surface area contributed by atoms with Crippen LogP contribution in [0.5, 0.6) is 0 Å². The smallest absolute Gasteiger partial charge is 0.251 e. The Morgan fingerprint density at radius 3 is 2.43 bits per heavy atom. The van der Waals surface area contributed by atoms with E-state index in [2.05, 4.69) is 21.3 Å². The first-order valence-corrected chi connectivity index (χ1v) is 10.2. The zero-order valence-corrected chi connectivity index (χ0v) is 18.1. The van der Waals surface area contributed by atoms with Gasteiger partial charge in [-0.1, -0.05) is 24.6 Å². The van der Waals surface area contributed by atoms with E-state index < -0.39 is 0 Å². The van der Waals surface area contributed by atoms with E-state index in [9.17, 15) is 14.4 Å². The number of nitrogens with one attached hydrogen (secondary N) is 4. The number of carbonyl (C=O) groups excluding carboxylic acids is 3. The van der Waals surface area contributed by atoms with Crippen LogP contribution in [0.1, 0.15) is 44.0 Å². The molecule has 2 aromatic rings. The van der Waals surface area contributed by atoms with Crippen molar-refractivity contribution in [2.75, 3.05) is 22.5 Å². The Hall–Kier alpha value is -3.06. The molecule has 2 aromatic carbocycles. The molecule has 0 spiro atoms. The normalized spacial score (nSPS) is 10.4. The summed E-state index contributed by atoms with van der Waals surface area (Å²) in [6, 6.07) is 11.9. The molecular formula is C22H27ClN4O3. The standard InChI is InChI=1S/C22H27ClN4O3/c1-4-6-20(28)26-17-9-10-18(23)19(12-17)27-21(29)13-24-16-8-5-7-15(11-16)22(30)25-14(2)3/h5,7-12,14,24H,4,6,13H2,1-3H3,(H,25,30)(H,26,28)(H,27,29). The van der Waals surface area contributed by atoms with Crippen LogP contribution >= 0.6 is 11.6 Å². The van der Waals surface area contributed by atoms with Crippen molar-refractivity contribution in [3.05, 3.63) is 53.1 Å². The van der Waals surface area contributed by atoms with Gasteiger partial charge in [0.1, 0.15) is 0 Å². The SMILES string of the molecule is CCCC(=O)Nc1ccc(Cl)c(NC(=O)CNc2cccc(C(=O)NC(C)C)c2)c1. The number of anilines is 3. The van der Waals surface area contributed by atoms with Crippen LogP contribution in [0.3, 0.4) is 0 Å². The van der Waals surface area contributed by atoms with Crippen LogP contribution in [-0.4, -0.2) is 30.3 Å². The third kappa shape index (κ3) is 7.40. The second-order valence-electron chi connectivity index (χ2n) is 7.10. The number of hydrogen-bond donors (Lipinski definition) is 4. The molecule has 0 radical (unpaired) electrons. The van der Waals surface area contributed by atoms with E-state index in [-0.39, 0.29) is 30.3 Å². The Morgan fingerprint density at radius 1 is 0.967 bits per heavy atom. The van der Waals surface area contributed by atoms with Gasteiger partial charge >= 0.3 is 0 Å². The Kier molecular flexibility index (Phi) is 8.68. The maximum atomic E-state index is 12.3. The van der Waals surface area contributed by atoms with Crippen molar-refractivity contribution in [1.29, 1.82) is 0 Å². The lowest BCUT2D eigenvalue weighted by molar-refractivity contribution is -0.116. The maximum Gasteiger partial charge on any atom is 0.251 e. The lowest BCUT2D eigenvalue weighted by Crippen LogP contribution is -2.30. The third-order valence-corrected chi connectivity index (χ3v) is 4.33. The lowest BCUT2D eigenvalue weighted by atomic mass is 10.1. The third-order valence-electron chi connectivity index (χ3n) is 4.00. The molecular weight excluding hydrogens is 404 g/mol. The van der Waals surface area contributed by atoms with Gasteiger partial charge in [-0.2, -0.15) is 0 Å². The minimum atomic E-state index is -0.314. The summed E-state index contributed by atoms with van der Waals surface area (Å²) in [5.74, 6) is -0.585. The predicted molar refractivity (Wildman–Crippen MR) is 121 cm³/mol. The zero-order valence-electron chi connectivity index (χ0n) is 17.3. The van der Waals surface area contributed by atoms with Gasteiger partial charge in [0.25, 0.3) is 5.91 Å². The van der Waals surface area contributed by atoms with Crippen LogP contribution < -0.4 is 21.3 Å². The molecule has 30 heavy (non-hydrogen) atoms. The van der Waals surface area contributed by atoms with E-state index in [1.54, 1.807) is 42.5 Å².